The Morgan fingerprint density at radius 3 is 2.24 bits per heavy atom. The van der Waals surface area contributed by atoms with Crippen LogP contribution in [0.25, 0.3) is 12.2 Å². The van der Waals surface area contributed by atoms with Crippen LogP contribution in [0.3, 0.4) is 0 Å². The van der Waals surface area contributed by atoms with Crippen molar-refractivity contribution in [2.24, 2.45) is 5.92 Å². The third-order valence-electron chi connectivity index (χ3n) is 4.33. The van der Waals surface area contributed by atoms with Crippen LogP contribution >= 0.6 is 0 Å². The van der Waals surface area contributed by atoms with E-state index in [0.29, 0.717) is 5.92 Å². The van der Waals surface area contributed by atoms with Gasteiger partial charge in [0.2, 0.25) is 0 Å². The number of aromatic hydroxyl groups is 2. The van der Waals surface area contributed by atoms with E-state index >= 15 is 0 Å². The van der Waals surface area contributed by atoms with Crippen LogP contribution < -0.4 is 0 Å². The number of hydrogen-bond donors (Lipinski definition) is 3. The molecule has 3 heteroatoms. The van der Waals surface area contributed by atoms with Crippen molar-refractivity contribution >= 4 is 12.2 Å². The van der Waals surface area contributed by atoms with E-state index in [9.17, 15) is 15.3 Å². The number of aryl methyl sites for hydroxylation is 1. The van der Waals surface area contributed by atoms with Gasteiger partial charge in [-0.25, -0.2) is 0 Å². The van der Waals surface area contributed by atoms with Crippen LogP contribution in [0.15, 0.2) is 42.5 Å². The second-order valence-electron chi connectivity index (χ2n) is 6.92. The van der Waals surface area contributed by atoms with Crippen molar-refractivity contribution in [3.8, 4) is 11.5 Å². The van der Waals surface area contributed by atoms with Crippen LogP contribution in [-0.4, -0.2) is 21.4 Å². The standard InChI is InChI=1S/C22H28O3/c1-16(2)22(25)9-4-3-6-17-7-5-8-18(12-17)10-11-19-13-20(23)15-21(24)14-19/h5,7-8,10-16,22-25H,3-4,6,9H2,1-2H3/b11-10+. The van der Waals surface area contributed by atoms with Crippen molar-refractivity contribution in [1.82, 2.24) is 0 Å². The Morgan fingerprint density at radius 2 is 1.56 bits per heavy atom. The molecule has 0 aromatic heterocycles. The molecule has 0 aliphatic rings. The zero-order valence-electron chi connectivity index (χ0n) is 15.0. The van der Waals surface area contributed by atoms with E-state index in [4.69, 9.17) is 0 Å². The Labute approximate surface area is 150 Å². The molecule has 0 bridgehead atoms. The first-order valence-electron chi connectivity index (χ1n) is 8.92. The molecule has 0 radical (unpaired) electrons. The Kier molecular flexibility index (Phi) is 7.08. The molecule has 0 amide bonds. The smallest absolute Gasteiger partial charge is 0.119 e. The summed E-state index contributed by atoms with van der Waals surface area (Å²) < 4.78 is 0. The summed E-state index contributed by atoms with van der Waals surface area (Å²) in [6.07, 6.45) is 7.60. The first-order valence-corrected chi connectivity index (χ1v) is 8.92. The van der Waals surface area contributed by atoms with Crippen molar-refractivity contribution in [3.63, 3.8) is 0 Å². The Balaban J connectivity index is 1.91. The zero-order valence-corrected chi connectivity index (χ0v) is 15.0. The number of aliphatic hydroxyl groups is 1. The monoisotopic (exact) mass is 340 g/mol. The molecule has 134 valence electrons. The van der Waals surface area contributed by atoms with Gasteiger partial charge in [0.05, 0.1) is 6.10 Å². The maximum atomic E-state index is 9.84. The molecule has 0 aliphatic carbocycles. The van der Waals surface area contributed by atoms with Gasteiger partial charge in [0.25, 0.3) is 0 Å². The summed E-state index contributed by atoms with van der Waals surface area (Å²) in [4.78, 5) is 0. The molecule has 1 atom stereocenters. The summed E-state index contributed by atoms with van der Waals surface area (Å²) in [5.41, 5.74) is 3.12. The number of phenolic OH excluding ortho intramolecular Hbond substituents is 2. The van der Waals surface area contributed by atoms with Crippen molar-refractivity contribution < 1.29 is 15.3 Å². The summed E-state index contributed by atoms with van der Waals surface area (Å²) in [5, 5.41) is 28.9. The molecule has 0 saturated heterocycles. The molecule has 25 heavy (non-hydrogen) atoms. The highest BCUT2D eigenvalue weighted by molar-refractivity contribution is 5.71. The minimum absolute atomic E-state index is 0.0528. The van der Waals surface area contributed by atoms with E-state index in [2.05, 4.69) is 12.1 Å². The summed E-state index contributed by atoms with van der Waals surface area (Å²) in [5.74, 6) is 0.430. The number of unbranched alkanes of at least 4 members (excludes halogenated alkanes) is 1. The van der Waals surface area contributed by atoms with Crippen molar-refractivity contribution in [2.45, 2.75) is 45.6 Å². The highest BCUT2D eigenvalue weighted by Gasteiger charge is 2.08. The first kappa shape index (κ1) is 19.1. The van der Waals surface area contributed by atoms with E-state index in [1.54, 1.807) is 12.1 Å². The number of aliphatic hydroxyl groups excluding tert-OH is 1. The van der Waals surface area contributed by atoms with E-state index in [1.807, 2.05) is 38.1 Å². The largest absolute Gasteiger partial charge is 0.508 e. The van der Waals surface area contributed by atoms with E-state index < -0.39 is 0 Å². The van der Waals surface area contributed by atoms with Crippen LogP contribution in [0.1, 0.15) is 49.8 Å². The maximum Gasteiger partial charge on any atom is 0.119 e. The molecular weight excluding hydrogens is 312 g/mol. The number of benzene rings is 2. The molecule has 3 nitrogen and oxygen atoms in total. The Bertz CT molecular complexity index is 684. The zero-order chi connectivity index (χ0) is 18.2. The molecule has 2 aromatic rings. The van der Waals surface area contributed by atoms with Crippen LogP contribution in [0.4, 0.5) is 0 Å². The second kappa shape index (κ2) is 9.28. The third-order valence-corrected chi connectivity index (χ3v) is 4.33. The summed E-state index contributed by atoms with van der Waals surface area (Å²) >= 11 is 0. The number of rotatable bonds is 8. The topological polar surface area (TPSA) is 60.7 Å². The van der Waals surface area contributed by atoms with E-state index in [-0.39, 0.29) is 17.6 Å². The minimum atomic E-state index is -0.201. The minimum Gasteiger partial charge on any atom is -0.508 e. The number of phenols is 2. The molecule has 2 aromatic carbocycles. The van der Waals surface area contributed by atoms with E-state index in [0.717, 1.165) is 36.8 Å². The molecule has 3 N–H and O–H groups in total. The van der Waals surface area contributed by atoms with E-state index in [1.165, 1.54) is 11.6 Å². The third kappa shape index (κ3) is 6.63. The molecule has 0 heterocycles. The highest BCUT2D eigenvalue weighted by Crippen LogP contribution is 2.22. The molecular formula is C22H28O3. The van der Waals surface area contributed by atoms with Crippen molar-refractivity contribution in [2.75, 3.05) is 0 Å². The Hall–Kier alpha value is -2.26. The van der Waals surface area contributed by atoms with Gasteiger partial charge < -0.3 is 15.3 Å². The number of hydrogen-bond acceptors (Lipinski definition) is 3. The lowest BCUT2D eigenvalue weighted by molar-refractivity contribution is 0.113. The van der Waals surface area contributed by atoms with Gasteiger partial charge in [-0.15, -0.1) is 0 Å². The molecule has 0 fully saturated rings. The highest BCUT2D eigenvalue weighted by atomic mass is 16.3. The fraction of sp³-hybridized carbons (Fsp3) is 0.364. The van der Waals surface area contributed by atoms with Crippen LogP contribution in [0.5, 0.6) is 11.5 Å². The maximum absolute atomic E-state index is 9.84. The normalized spacial score (nSPS) is 12.8. The van der Waals surface area contributed by atoms with Gasteiger partial charge in [-0.1, -0.05) is 56.7 Å². The van der Waals surface area contributed by atoms with Crippen LogP contribution in [-0.2, 0) is 6.42 Å². The molecule has 2 rings (SSSR count). The molecule has 0 spiro atoms. The van der Waals surface area contributed by atoms with Crippen LogP contribution in [0, 0.1) is 5.92 Å². The van der Waals surface area contributed by atoms with Gasteiger partial charge in [-0.05, 0) is 54.0 Å². The van der Waals surface area contributed by atoms with Gasteiger partial charge in [0.15, 0.2) is 0 Å². The molecule has 1 unspecified atom stereocenters. The SMILES string of the molecule is CC(C)C(O)CCCCc1cccc(/C=C/c2cc(O)cc(O)c2)c1. The summed E-state index contributed by atoms with van der Waals surface area (Å²) in [6, 6.07) is 12.9. The molecule has 0 saturated carbocycles. The average Bonchev–Trinajstić information content (AvgIpc) is 2.56. The second-order valence-corrected chi connectivity index (χ2v) is 6.92. The van der Waals surface area contributed by atoms with Crippen molar-refractivity contribution in [1.29, 1.82) is 0 Å². The Morgan fingerprint density at radius 1 is 0.880 bits per heavy atom. The quantitative estimate of drug-likeness (QED) is 0.468. The van der Waals surface area contributed by atoms with Crippen molar-refractivity contribution in [3.05, 3.63) is 59.2 Å². The summed E-state index contributed by atoms with van der Waals surface area (Å²) in [6.45, 7) is 4.10. The fourth-order valence-electron chi connectivity index (χ4n) is 2.77. The first-order chi connectivity index (χ1) is 11.9. The fourth-order valence-corrected chi connectivity index (χ4v) is 2.77. The van der Waals surface area contributed by atoms with Gasteiger partial charge >= 0.3 is 0 Å². The lowest BCUT2D eigenvalue weighted by atomic mass is 9.99. The van der Waals surface area contributed by atoms with Crippen LogP contribution in [0.2, 0.25) is 0 Å². The van der Waals surface area contributed by atoms with Gasteiger partial charge in [0, 0.05) is 6.07 Å². The van der Waals surface area contributed by atoms with Gasteiger partial charge in [0.1, 0.15) is 11.5 Å². The lowest BCUT2D eigenvalue weighted by Gasteiger charge is -2.13. The molecule has 0 aliphatic heterocycles. The van der Waals surface area contributed by atoms with Gasteiger partial charge in [-0.2, -0.15) is 0 Å². The predicted octanol–water partition coefficient (Wildman–Crippen LogP) is 5.00. The predicted molar refractivity (Wildman–Crippen MR) is 104 cm³/mol. The van der Waals surface area contributed by atoms with Gasteiger partial charge in [-0.3, -0.25) is 0 Å². The average molecular weight is 340 g/mol. The summed E-state index contributed by atoms with van der Waals surface area (Å²) in [7, 11) is 0. The lowest BCUT2D eigenvalue weighted by Crippen LogP contribution is -2.14.